The molecule has 0 radical (unpaired) electrons. The lowest BCUT2D eigenvalue weighted by Crippen LogP contribution is -2.29. The first-order valence-corrected chi connectivity index (χ1v) is 9.22. The Kier molecular flexibility index (Phi) is 7.72. The van der Waals surface area contributed by atoms with Gasteiger partial charge in [-0.05, 0) is 31.0 Å². The predicted octanol–water partition coefficient (Wildman–Crippen LogP) is 3.02. The molecule has 7 nitrogen and oxygen atoms in total. The zero-order valence-corrected chi connectivity index (χ0v) is 15.3. The van der Waals surface area contributed by atoms with E-state index in [-0.39, 0.29) is 18.4 Å². The van der Waals surface area contributed by atoms with Crippen molar-refractivity contribution < 1.29 is 19.5 Å². The topological polar surface area (TPSA) is 98.7 Å². The maximum atomic E-state index is 12.3. The van der Waals surface area contributed by atoms with Crippen molar-refractivity contribution in [3.8, 4) is 0 Å². The molecule has 8 heteroatoms. The average molecular weight is 382 g/mol. The van der Waals surface area contributed by atoms with E-state index in [9.17, 15) is 14.4 Å². The van der Waals surface area contributed by atoms with Crippen LogP contribution in [0.1, 0.15) is 48.9 Å². The van der Waals surface area contributed by atoms with Gasteiger partial charge in [0.25, 0.3) is 5.91 Å². The fourth-order valence-corrected chi connectivity index (χ4v) is 3.02. The van der Waals surface area contributed by atoms with Crippen molar-refractivity contribution in [2.75, 3.05) is 24.5 Å². The first-order valence-electron chi connectivity index (χ1n) is 8.84. The molecule has 1 aliphatic heterocycles. The van der Waals surface area contributed by atoms with Crippen LogP contribution in [0.4, 0.5) is 10.5 Å². The Morgan fingerprint density at radius 1 is 1.19 bits per heavy atom. The van der Waals surface area contributed by atoms with E-state index >= 15 is 0 Å². The number of urea groups is 1. The highest BCUT2D eigenvalue weighted by atomic mass is 35.5. The SMILES string of the molecule is O=C(O)CCCCCCCNC(=O)c1ccc(Cl)c(N2CCNC2=O)c1. The van der Waals surface area contributed by atoms with Crippen molar-refractivity contribution >= 4 is 35.2 Å². The maximum absolute atomic E-state index is 12.3. The van der Waals surface area contributed by atoms with Crippen molar-refractivity contribution in [2.24, 2.45) is 0 Å². The van der Waals surface area contributed by atoms with Crippen molar-refractivity contribution in [2.45, 2.75) is 38.5 Å². The number of aliphatic carboxylic acids is 1. The van der Waals surface area contributed by atoms with Crippen LogP contribution in [0.5, 0.6) is 0 Å². The van der Waals surface area contributed by atoms with E-state index in [4.69, 9.17) is 16.7 Å². The van der Waals surface area contributed by atoms with E-state index in [0.717, 1.165) is 25.7 Å². The summed E-state index contributed by atoms with van der Waals surface area (Å²) in [6.45, 7) is 1.63. The lowest BCUT2D eigenvalue weighted by molar-refractivity contribution is -0.137. The van der Waals surface area contributed by atoms with Gasteiger partial charge in [0.2, 0.25) is 0 Å². The molecule has 0 aliphatic carbocycles. The van der Waals surface area contributed by atoms with Crippen molar-refractivity contribution in [1.82, 2.24) is 10.6 Å². The number of carboxylic acids is 1. The van der Waals surface area contributed by atoms with E-state index in [1.165, 1.54) is 4.90 Å². The van der Waals surface area contributed by atoms with Gasteiger partial charge in [-0.3, -0.25) is 14.5 Å². The highest BCUT2D eigenvalue weighted by molar-refractivity contribution is 6.34. The molecule has 26 heavy (non-hydrogen) atoms. The summed E-state index contributed by atoms with van der Waals surface area (Å²) in [6.07, 6.45) is 4.54. The Morgan fingerprint density at radius 2 is 1.92 bits per heavy atom. The minimum Gasteiger partial charge on any atom is -0.481 e. The van der Waals surface area contributed by atoms with Crippen LogP contribution in [0, 0.1) is 0 Å². The molecular weight excluding hydrogens is 358 g/mol. The molecule has 1 aromatic carbocycles. The molecule has 2 rings (SSSR count). The van der Waals surface area contributed by atoms with Crippen LogP contribution in [0.25, 0.3) is 0 Å². The average Bonchev–Trinajstić information content (AvgIpc) is 3.03. The number of anilines is 1. The third-order valence-electron chi connectivity index (χ3n) is 4.21. The molecule has 3 N–H and O–H groups in total. The smallest absolute Gasteiger partial charge is 0.322 e. The molecule has 1 saturated heterocycles. The van der Waals surface area contributed by atoms with Crippen LogP contribution in [0.2, 0.25) is 5.02 Å². The van der Waals surface area contributed by atoms with Gasteiger partial charge in [-0.2, -0.15) is 0 Å². The predicted molar refractivity (Wildman–Crippen MR) is 99.9 cm³/mol. The Morgan fingerprint density at radius 3 is 2.62 bits per heavy atom. The van der Waals surface area contributed by atoms with Gasteiger partial charge in [-0.15, -0.1) is 0 Å². The number of amides is 3. The number of hydrogen-bond donors (Lipinski definition) is 3. The maximum Gasteiger partial charge on any atom is 0.322 e. The van der Waals surface area contributed by atoms with Crippen LogP contribution >= 0.6 is 11.6 Å². The van der Waals surface area contributed by atoms with Crippen LogP contribution in [0.3, 0.4) is 0 Å². The zero-order valence-electron chi connectivity index (χ0n) is 14.6. The number of hydrogen-bond acceptors (Lipinski definition) is 3. The summed E-state index contributed by atoms with van der Waals surface area (Å²) in [5.41, 5.74) is 0.998. The number of carbonyl (C=O) groups excluding carboxylic acids is 2. The molecule has 3 amide bonds. The molecule has 0 atom stereocenters. The Hall–Kier alpha value is -2.28. The standard InChI is InChI=1S/C18H24ClN3O4/c19-14-8-7-13(12-15(14)22-11-10-21-18(22)26)17(25)20-9-5-3-1-2-4-6-16(23)24/h7-8,12H,1-6,9-11H2,(H,20,25)(H,21,26)(H,23,24). The van der Waals surface area contributed by atoms with Crippen molar-refractivity contribution in [3.05, 3.63) is 28.8 Å². The molecule has 0 spiro atoms. The van der Waals surface area contributed by atoms with Crippen molar-refractivity contribution in [1.29, 1.82) is 0 Å². The Balaban J connectivity index is 1.75. The summed E-state index contributed by atoms with van der Waals surface area (Å²) in [5, 5.41) is 14.6. The number of rotatable bonds is 10. The fourth-order valence-electron chi connectivity index (χ4n) is 2.80. The first kappa shape index (κ1) is 20.0. The minimum absolute atomic E-state index is 0.201. The number of halogens is 1. The second kappa shape index (κ2) is 10.0. The monoisotopic (exact) mass is 381 g/mol. The first-order chi connectivity index (χ1) is 12.5. The summed E-state index contributed by atoms with van der Waals surface area (Å²) in [5.74, 6) is -0.959. The normalized spacial score (nSPS) is 13.6. The molecule has 0 bridgehead atoms. The van der Waals surface area contributed by atoms with E-state index in [1.807, 2.05) is 0 Å². The Labute approximate surface area is 157 Å². The number of nitrogens with one attached hydrogen (secondary N) is 2. The van der Waals surface area contributed by atoms with Gasteiger partial charge in [-0.25, -0.2) is 4.79 Å². The van der Waals surface area contributed by atoms with Gasteiger partial charge >= 0.3 is 12.0 Å². The molecule has 0 unspecified atom stereocenters. The van der Waals surface area contributed by atoms with Crippen LogP contribution in [0.15, 0.2) is 18.2 Å². The molecule has 1 aromatic rings. The molecular formula is C18H24ClN3O4. The van der Waals surface area contributed by atoms with Gasteiger partial charge in [0.05, 0.1) is 10.7 Å². The number of unbranched alkanes of at least 4 members (excludes halogenated alkanes) is 4. The number of nitrogens with zero attached hydrogens (tertiary/aromatic N) is 1. The lowest BCUT2D eigenvalue weighted by Gasteiger charge is -2.17. The van der Waals surface area contributed by atoms with Crippen LogP contribution in [-0.2, 0) is 4.79 Å². The molecule has 1 aliphatic rings. The summed E-state index contributed by atoms with van der Waals surface area (Å²) in [7, 11) is 0. The van der Waals surface area contributed by atoms with Crippen LogP contribution in [-0.4, -0.2) is 42.6 Å². The van der Waals surface area contributed by atoms with Gasteiger partial charge in [0.15, 0.2) is 0 Å². The van der Waals surface area contributed by atoms with Gasteiger partial charge < -0.3 is 15.7 Å². The largest absolute Gasteiger partial charge is 0.481 e. The molecule has 0 aromatic heterocycles. The fraction of sp³-hybridized carbons (Fsp3) is 0.500. The molecule has 0 saturated carbocycles. The number of carbonyl (C=O) groups is 3. The highest BCUT2D eigenvalue weighted by Gasteiger charge is 2.24. The van der Waals surface area contributed by atoms with Gasteiger partial charge in [0.1, 0.15) is 0 Å². The summed E-state index contributed by atoms with van der Waals surface area (Å²) >= 11 is 6.16. The summed E-state index contributed by atoms with van der Waals surface area (Å²) in [6, 6.07) is 4.68. The Bertz CT molecular complexity index is 666. The van der Waals surface area contributed by atoms with Crippen molar-refractivity contribution in [3.63, 3.8) is 0 Å². The quantitative estimate of drug-likeness (QED) is 0.542. The molecule has 1 fully saturated rings. The summed E-state index contributed by atoms with van der Waals surface area (Å²) < 4.78 is 0. The molecule has 1 heterocycles. The second-order valence-corrected chi connectivity index (χ2v) is 6.62. The van der Waals surface area contributed by atoms with Gasteiger partial charge in [-0.1, -0.05) is 30.9 Å². The van der Waals surface area contributed by atoms with Crippen LogP contribution < -0.4 is 15.5 Å². The number of carboxylic acid groups (broad SMARTS) is 1. The molecule has 142 valence electrons. The number of benzene rings is 1. The van der Waals surface area contributed by atoms with E-state index < -0.39 is 5.97 Å². The van der Waals surface area contributed by atoms with Gasteiger partial charge in [0, 0.05) is 31.6 Å². The lowest BCUT2D eigenvalue weighted by atomic mass is 10.1. The minimum atomic E-state index is -0.758. The second-order valence-electron chi connectivity index (χ2n) is 6.22. The van der Waals surface area contributed by atoms with E-state index in [1.54, 1.807) is 18.2 Å². The van der Waals surface area contributed by atoms with E-state index in [0.29, 0.717) is 42.3 Å². The zero-order chi connectivity index (χ0) is 18.9. The third-order valence-corrected chi connectivity index (χ3v) is 4.53. The summed E-state index contributed by atoms with van der Waals surface area (Å²) in [4.78, 5) is 36.0. The van der Waals surface area contributed by atoms with E-state index in [2.05, 4.69) is 10.6 Å². The highest BCUT2D eigenvalue weighted by Crippen LogP contribution is 2.28. The third kappa shape index (κ3) is 5.91.